The number of phenolic OH excluding ortho intramolecular Hbond substituents is 1. The maximum atomic E-state index is 14.2. The van der Waals surface area contributed by atoms with E-state index in [4.69, 9.17) is 52.4 Å². The van der Waals surface area contributed by atoms with Crippen LogP contribution in [0.15, 0.2) is 77.6 Å². The van der Waals surface area contributed by atoms with Gasteiger partial charge in [-0.05, 0) is 104 Å². The highest BCUT2D eigenvalue weighted by Gasteiger charge is 2.55. The van der Waals surface area contributed by atoms with Crippen molar-refractivity contribution in [2.45, 2.75) is 50.7 Å². The Bertz CT molecular complexity index is 3340. The Morgan fingerprint density at radius 1 is 0.877 bits per heavy atom. The third kappa shape index (κ3) is 7.67. The number of rotatable bonds is 13. The number of aromatic nitrogens is 2. The van der Waals surface area contributed by atoms with Gasteiger partial charge < -0.3 is 61.9 Å². The first-order chi connectivity index (χ1) is 35.2. The third-order valence-corrected chi connectivity index (χ3v) is 14.4. The predicted molar refractivity (Wildman–Crippen MR) is 256 cm³/mol. The molecule has 6 heterocycles. The summed E-state index contributed by atoms with van der Waals surface area (Å²) >= 11 is 0. The molecule has 376 valence electrons. The molecular formula is C54H49N3O16. The Kier molecular flexibility index (Phi) is 11.6. The molecule has 1 fully saturated rings. The van der Waals surface area contributed by atoms with Crippen molar-refractivity contribution in [1.82, 2.24) is 14.5 Å². The molecule has 0 radical (unpaired) electrons. The molecule has 3 unspecified atom stereocenters. The van der Waals surface area contributed by atoms with Gasteiger partial charge in [0.25, 0.3) is 5.56 Å². The third-order valence-electron chi connectivity index (χ3n) is 14.4. The number of hydrogen-bond acceptors (Lipinski definition) is 18. The second kappa shape index (κ2) is 18.1. The SMILES string of the molecule is CCC1(OC(=O)COc2ccc(C(=O)OC3c4cc5c(cc4[C@@H](c4cc(OC)c(OC)c(OC)c4)C4C(=O)OC[C@H]34)OCO5)cc2)C(=O)OCc2c1cc1n(c2=O)Cc2cc3c(CN(C)C)c(O)ccc3nc2-1. The zero-order chi connectivity index (χ0) is 51.0. The van der Waals surface area contributed by atoms with Crippen molar-refractivity contribution in [3.8, 4) is 51.6 Å². The summed E-state index contributed by atoms with van der Waals surface area (Å²) in [4.78, 5) is 76.2. The number of fused-ring (bicyclic) bond motifs is 8. The van der Waals surface area contributed by atoms with E-state index in [0.717, 1.165) is 10.9 Å². The molecule has 6 aromatic rings. The molecule has 19 heteroatoms. The van der Waals surface area contributed by atoms with Crippen LogP contribution in [0.4, 0.5) is 0 Å². The lowest BCUT2D eigenvalue weighted by molar-refractivity contribution is -0.190. The number of esters is 4. The summed E-state index contributed by atoms with van der Waals surface area (Å²) in [6.45, 7) is 1.33. The molecule has 0 amide bonds. The number of hydrogen-bond donors (Lipinski definition) is 1. The highest BCUT2D eigenvalue weighted by molar-refractivity contribution is 5.91. The smallest absolute Gasteiger partial charge is 0.355 e. The zero-order valence-electron chi connectivity index (χ0n) is 40.6. The molecule has 4 aromatic carbocycles. The minimum absolute atomic E-state index is 0.0140. The molecule has 1 aliphatic carbocycles. The van der Waals surface area contributed by atoms with E-state index in [2.05, 4.69) is 0 Å². The minimum atomic E-state index is -1.97. The molecule has 0 bridgehead atoms. The van der Waals surface area contributed by atoms with Crippen LogP contribution in [0.5, 0.6) is 40.2 Å². The van der Waals surface area contributed by atoms with E-state index in [1.165, 1.54) is 45.6 Å². The number of aromatic hydroxyl groups is 1. The number of pyridine rings is 2. The van der Waals surface area contributed by atoms with Crippen LogP contribution >= 0.6 is 0 Å². The maximum Gasteiger partial charge on any atom is 0.355 e. The van der Waals surface area contributed by atoms with Crippen molar-refractivity contribution < 1.29 is 71.7 Å². The maximum absolute atomic E-state index is 14.2. The Balaban J connectivity index is 0.823. The number of carbonyl (C=O) groups excluding carboxylic acids is 4. The average molecular weight is 996 g/mol. The van der Waals surface area contributed by atoms with E-state index >= 15 is 0 Å². The summed E-state index contributed by atoms with van der Waals surface area (Å²) in [5, 5.41) is 11.5. The normalized spacial score (nSPS) is 20.8. The van der Waals surface area contributed by atoms with Gasteiger partial charge in [0, 0.05) is 46.0 Å². The van der Waals surface area contributed by atoms with Gasteiger partial charge in [-0.2, -0.15) is 0 Å². The fourth-order valence-electron chi connectivity index (χ4n) is 10.9. The second-order valence-corrected chi connectivity index (χ2v) is 18.6. The molecule has 11 rings (SSSR count). The van der Waals surface area contributed by atoms with Gasteiger partial charge in [-0.3, -0.25) is 9.59 Å². The number of carbonyl (C=O) groups is 4. The topological polar surface area (TPSA) is 219 Å². The Labute approximate surface area is 416 Å². The molecule has 5 atom stereocenters. The molecular weight excluding hydrogens is 947 g/mol. The summed E-state index contributed by atoms with van der Waals surface area (Å²) in [5.74, 6) is -2.49. The van der Waals surface area contributed by atoms with E-state index in [0.29, 0.717) is 74.5 Å². The average Bonchev–Trinajstić information content (AvgIpc) is 4.12. The first kappa shape index (κ1) is 47.0. The molecule has 0 spiro atoms. The van der Waals surface area contributed by atoms with Gasteiger partial charge in [0.15, 0.2) is 29.6 Å². The van der Waals surface area contributed by atoms with Crippen LogP contribution in [-0.2, 0) is 58.6 Å². The van der Waals surface area contributed by atoms with E-state index in [1.807, 2.05) is 25.1 Å². The van der Waals surface area contributed by atoms with Crippen LogP contribution in [-0.4, -0.2) is 98.9 Å². The standard InChI is InChI=1S/C54H49N3O16/c1-7-54(36-19-38-47-28(20-57(38)50(60)34(36)22-69-53(54)63)14-30-33(21-56(2)3)39(58)13-12-37(30)55-47)73-44(59)24-67-29-10-8-26(9-11-29)51(61)72-48-32-18-41-40(70-25-71-41)17-31(32)45(46-35(48)23-68-52(46)62)27-15-42(64-4)49(66-6)43(16-27)65-5/h8-19,35,45-46,48,58H,7,20-25H2,1-6H3/t35-,45+,46?,48?,54?/m0/s1. The lowest BCUT2D eigenvalue weighted by atomic mass is 9.66. The number of nitrogens with zero attached hydrogens (tertiary/aromatic N) is 3. The highest BCUT2D eigenvalue weighted by Crippen LogP contribution is 2.57. The summed E-state index contributed by atoms with van der Waals surface area (Å²) in [6.07, 6.45) is -1.00. The minimum Gasteiger partial charge on any atom is -0.508 e. The summed E-state index contributed by atoms with van der Waals surface area (Å²) in [5.41, 5.74) is 3.13. The molecule has 0 saturated carbocycles. The van der Waals surface area contributed by atoms with Crippen molar-refractivity contribution in [3.05, 3.63) is 128 Å². The monoisotopic (exact) mass is 995 g/mol. The molecule has 5 aliphatic rings. The molecule has 2 aromatic heterocycles. The van der Waals surface area contributed by atoms with E-state index in [1.54, 1.807) is 54.0 Å². The fourth-order valence-corrected chi connectivity index (χ4v) is 10.9. The van der Waals surface area contributed by atoms with E-state index in [9.17, 15) is 29.1 Å². The molecule has 1 N–H and O–H groups in total. The summed E-state index contributed by atoms with van der Waals surface area (Å²) in [7, 11) is 8.31. The van der Waals surface area contributed by atoms with Crippen molar-refractivity contribution >= 4 is 34.8 Å². The first-order valence-corrected chi connectivity index (χ1v) is 23.5. The first-order valence-electron chi connectivity index (χ1n) is 23.5. The number of methoxy groups -OCH3 is 3. The number of phenols is 1. The van der Waals surface area contributed by atoms with E-state index < -0.39 is 65.5 Å². The van der Waals surface area contributed by atoms with E-state index in [-0.39, 0.29) is 61.2 Å². The fraction of sp³-hybridized carbons (Fsp3) is 0.333. The van der Waals surface area contributed by atoms with Gasteiger partial charge >= 0.3 is 23.9 Å². The van der Waals surface area contributed by atoms with Crippen LogP contribution in [0.3, 0.4) is 0 Å². The highest BCUT2D eigenvalue weighted by atomic mass is 16.7. The van der Waals surface area contributed by atoms with Crippen molar-refractivity contribution in [2.24, 2.45) is 11.8 Å². The molecule has 4 aliphatic heterocycles. The quantitative estimate of drug-likeness (QED) is 0.102. The number of ether oxygens (including phenoxy) is 10. The molecule has 73 heavy (non-hydrogen) atoms. The largest absolute Gasteiger partial charge is 0.508 e. The Hall–Kier alpha value is -8.32. The Morgan fingerprint density at radius 3 is 2.29 bits per heavy atom. The number of cyclic esters (lactones) is 2. The van der Waals surface area contributed by atoms with Crippen LogP contribution in [0, 0.1) is 11.8 Å². The number of benzene rings is 4. The molecule has 19 nitrogen and oxygen atoms in total. The van der Waals surface area contributed by atoms with Gasteiger partial charge in [-0.1, -0.05) is 6.92 Å². The van der Waals surface area contributed by atoms with Gasteiger partial charge in [-0.15, -0.1) is 0 Å². The van der Waals surface area contributed by atoms with Crippen molar-refractivity contribution in [1.29, 1.82) is 0 Å². The second-order valence-electron chi connectivity index (χ2n) is 18.6. The lowest BCUT2D eigenvalue weighted by Crippen LogP contribution is -2.48. The van der Waals surface area contributed by atoms with Crippen LogP contribution in [0.1, 0.15) is 74.7 Å². The van der Waals surface area contributed by atoms with Gasteiger partial charge in [0.2, 0.25) is 18.1 Å². The van der Waals surface area contributed by atoms with Crippen LogP contribution < -0.4 is 34.0 Å². The van der Waals surface area contributed by atoms with Crippen LogP contribution in [0.25, 0.3) is 22.3 Å². The van der Waals surface area contributed by atoms with Gasteiger partial charge in [0.1, 0.15) is 24.2 Å². The Morgan fingerprint density at radius 2 is 1.60 bits per heavy atom. The molecule has 1 saturated heterocycles. The lowest BCUT2D eigenvalue weighted by Gasteiger charge is -2.38. The predicted octanol–water partition coefficient (Wildman–Crippen LogP) is 6.06. The van der Waals surface area contributed by atoms with Crippen molar-refractivity contribution in [3.63, 3.8) is 0 Å². The summed E-state index contributed by atoms with van der Waals surface area (Å²) in [6, 6.07) is 19.9. The van der Waals surface area contributed by atoms with Crippen molar-refractivity contribution in [2.75, 3.05) is 55.4 Å². The van der Waals surface area contributed by atoms with Crippen LogP contribution in [0.2, 0.25) is 0 Å². The van der Waals surface area contributed by atoms with Gasteiger partial charge in [-0.25, -0.2) is 19.4 Å². The zero-order valence-corrected chi connectivity index (χ0v) is 40.6. The van der Waals surface area contributed by atoms with Gasteiger partial charge in [0.05, 0.1) is 68.4 Å². The summed E-state index contributed by atoms with van der Waals surface area (Å²) < 4.78 is 59.2.